The van der Waals surface area contributed by atoms with E-state index in [1.54, 1.807) is 36.1 Å². The van der Waals surface area contributed by atoms with E-state index in [1.807, 2.05) is 0 Å². The van der Waals surface area contributed by atoms with Gasteiger partial charge in [-0.1, -0.05) is 31.5 Å². The number of amides is 2. The highest BCUT2D eigenvalue weighted by atomic mass is 35.5. The number of nitrogens with zero attached hydrogens (tertiary/aromatic N) is 1. The molecule has 1 aromatic carbocycles. The highest BCUT2D eigenvalue weighted by Gasteiger charge is 2.10. The maximum atomic E-state index is 11.9. The number of halogens is 1. The number of rotatable bonds is 7. The molecule has 0 saturated carbocycles. The first-order chi connectivity index (χ1) is 9.90. The van der Waals surface area contributed by atoms with Gasteiger partial charge in [-0.3, -0.25) is 9.59 Å². The van der Waals surface area contributed by atoms with E-state index in [9.17, 15) is 9.59 Å². The molecule has 2 amide bonds. The van der Waals surface area contributed by atoms with Crippen LogP contribution in [0.3, 0.4) is 0 Å². The Morgan fingerprint density at radius 3 is 2.57 bits per heavy atom. The van der Waals surface area contributed by atoms with Crippen LogP contribution >= 0.6 is 11.6 Å². The van der Waals surface area contributed by atoms with Crippen LogP contribution in [0.15, 0.2) is 24.3 Å². The smallest absolute Gasteiger partial charge is 0.251 e. The summed E-state index contributed by atoms with van der Waals surface area (Å²) in [5.74, 6) is 0.408. The molecule has 0 saturated heterocycles. The standard InChI is InChI=1S/C16H23ClN2O2/c1-12(2)7-9-19(13(3)20)10-8-18-16(21)14-5-4-6-15(17)11-14/h4-6,11-12H,7-10H2,1-3H3,(H,18,21). The second-order valence-electron chi connectivity index (χ2n) is 5.45. The van der Waals surface area contributed by atoms with Crippen LogP contribution in [0.5, 0.6) is 0 Å². The highest BCUT2D eigenvalue weighted by Crippen LogP contribution is 2.10. The fourth-order valence-electron chi connectivity index (χ4n) is 1.88. The van der Waals surface area contributed by atoms with Gasteiger partial charge in [0, 0.05) is 37.1 Å². The molecule has 0 unspecified atom stereocenters. The van der Waals surface area contributed by atoms with Crippen molar-refractivity contribution in [2.75, 3.05) is 19.6 Å². The van der Waals surface area contributed by atoms with Gasteiger partial charge in [0.2, 0.25) is 5.91 Å². The Kier molecular flexibility index (Phi) is 7.23. The van der Waals surface area contributed by atoms with E-state index in [-0.39, 0.29) is 11.8 Å². The van der Waals surface area contributed by atoms with Crippen molar-refractivity contribution in [1.29, 1.82) is 0 Å². The van der Waals surface area contributed by atoms with E-state index in [4.69, 9.17) is 11.6 Å². The highest BCUT2D eigenvalue weighted by molar-refractivity contribution is 6.30. The van der Waals surface area contributed by atoms with Crippen LogP contribution in [0.1, 0.15) is 37.6 Å². The van der Waals surface area contributed by atoms with Crippen LogP contribution in [-0.2, 0) is 4.79 Å². The van der Waals surface area contributed by atoms with Crippen LogP contribution in [0, 0.1) is 5.92 Å². The summed E-state index contributed by atoms with van der Waals surface area (Å²) in [7, 11) is 0. The molecule has 0 aliphatic heterocycles. The number of carbonyl (C=O) groups excluding carboxylic acids is 2. The Balaban J connectivity index is 2.43. The lowest BCUT2D eigenvalue weighted by molar-refractivity contribution is -0.128. The minimum Gasteiger partial charge on any atom is -0.350 e. The van der Waals surface area contributed by atoms with Gasteiger partial charge in [-0.05, 0) is 30.5 Å². The van der Waals surface area contributed by atoms with Crippen molar-refractivity contribution < 1.29 is 9.59 Å². The van der Waals surface area contributed by atoms with Gasteiger partial charge in [0.05, 0.1) is 0 Å². The van der Waals surface area contributed by atoms with Crippen LogP contribution in [0.2, 0.25) is 5.02 Å². The van der Waals surface area contributed by atoms with Crippen LogP contribution in [-0.4, -0.2) is 36.3 Å². The van der Waals surface area contributed by atoms with Gasteiger partial charge in [-0.15, -0.1) is 0 Å². The summed E-state index contributed by atoms with van der Waals surface area (Å²) in [6.45, 7) is 7.48. The largest absolute Gasteiger partial charge is 0.350 e. The third kappa shape index (κ3) is 6.63. The SMILES string of the molecule is CC(=O)N(CCNC(=O)c1cccc(Cl)c1)CCC(C)C. The van der Waals surface area contributed by atoms with Crippen molar-refractivity contribution in [1.82, 2.24) is 10.2 Å². The summed E-state index contributed by atoms with van der Waals surface area (Å²) in [6.07, 6.45) is 0.960. The second kappa shape index (κ2) is 8.67. The molecule has 0 radical (unpaired) electrons. The predicted molar refractivity (Wildman–Crippen MR) is 85.5 cm³/mol. The van der Waals surface area contributed by atoms with Crippen LogP contribution in [0.4, 0.5) is 0 Å². The number of carbonyl (C=O) groups is 2. The molecule has 4 nitrogen and oxygen atoms in total. The predicted octanol–water partition coefficient (Wildman–Crippen LogP) is 2.96. The number of hydrogen-bond acceptors (Lipinski definition) is 2. The van der Waals surface area contributed by atoms with Crippen molar-refractivity contribution >= 4 is 23.4 Å². The molecule has 1 aromatic rings. The molecule has 0 fully saturated rings. The minimum absolute atomic E-state index is 0.0349. The molecule has 0 aliphatic rings. The van der Waals surface area contributed by atoms with Crippen molar-refractivity contribution in [2.24, 2.45) is 5.92 Å². The topological polar surface area (TPSA) is 49.4 Å². The molecule has 116 valence electrons. The second-order valence-corrected chi connectivity index (χ2v) is 5.89. The van der Waals surface area contributed by atoms with E-state index in [0.29, 0.717) is 29.6 Å². The summed E-state index contributed by atoms with van der Waals surface area (Å²) in [4.78, 5) is 25.2. The zero-order valence-corrected chi connectivity index (χ0v) is 13.6. The molecule has 0 bridgehead atoms. The average molecular weight is 311 g/mol. The Morgan fingerprint density at radius 2 is 2.00 bits per heavy atom. The fourth-order valence-corrected chi connectivity index (χ4v) is 2.07. The third-order valence-corrected chi connectivity index (χ3v) is 3.41. The van der Waals surface area contributed by atoms with Gasteiger partial charge in [-0.2, -0.15) is 0 Å². The summed E-state index contributed by atoms with van der Waals surface area (Å²) < 4.78 is 0. The summed E-state index contributed by atoms with van der Waals surface area (Å²) in [5, 5.41) is 3.34. The fraction of sp³-hybridized carbons (Fsp3) is 0.500. The van der Waals surface area contributed by atoms with Crippen molar-refractivity contribution in [2.45, 2.75) is 27.2 Å². The number of hydrogen-bond donors (Lipinski definition) is 1. The van der Waals surface area contributed by atoms with E-state index in [1.165, 1.54) is 0 Å². The van der Waals surface area contributed by atoms with Gasteiger partial charge in [0.25, 0.3) is 5.91 Å². The molecule has 0 aromatic heterocycles. The first-order valence-electron chi connectivity index (χ1n) is 7.19. The lowest BCUT2D eigenvalue weighted by Gasteiger charge is -2.22. The monoisotopic (exact) mass is 310 g/mol. The Bertz CT molecular complexity index is 489. The molecule has 1 rings (SSSR count). The molecule has 21 heavy (non-hydrogen) atoms. The molecule has 0 spiro atoms. The van der Waals surface area contributed by atoms with Gasteiger partial charge < -0.3 is 10.2 Å². The van der Waals surface area contributed by atoms with Gasteiger partial charge in [0.15, 0.2) is 0 Å². The van der Waals surface area contributed by atoms with E-state index < -0.39 is 0 Å². The van der Waals surface area contributed by atoms with E-state index in [0.717, 1.165) is 13.0 Å². The molecular weight excluding hydrogens is 288 g/mol. The average Bonchev–Trinajstić information content (AvgIpc) is 2.41. The first kappa shape index (κ1) is 17.5. The summed E-state index contributed by atoms with van der Waals surface area (Å²) in [5.41, 5.74) is 0.527. The van der Waals surface area contributed by atoms with Crippen molar-refractivity contribution in [3.05, 3.63) is 34.9 Å². The summed E-state index contributed by atoms with van der Waals surface area (Å²) in [6, 6.07) is 6.80. The van der Waals surface area contributed by atoms with Gasteiger partial charge in [0.1, 0.15) is 0 Å². The van der Waals surface area contributed by atoms with Crippen molar-refractivity contribution in [3.8, 4) is 0 Å². The quantitative estimate of drug-likeness (QED) is 0.841. The summed E-state index contributed by atoms with van der Waals surface area (Å²) >= 11 is 5.85. The maximum absolute atomic E-state index is 11.9. The molecule has 0 heterocycles. The lowest BCUT2D eigenvalue weighted by Crippen LogP contribution is -2.38. The zero-order valence-electron chi connectivity index (χ0n) is 12.9. The Labute approximate surface area is 131 Å². The Hall–Kier alpha value is -1.55. The molecule has 0 atom stereocenters. The lowest BCUT2D eigenvalue weighted by atomic mass is 10.1. The third-order valence-electron chi connectivity index (χ3n) is 3.18. The number of benzene rings is 1. The molecule has 0 aliphatic carbocycles. The van der Waals surface area contributed by atoms with Gasteiger partial charge in [-0.25, -0.2) is 0 Å². The Morgan fingerprint density at radius 1 is 1.29 bits per heavy atom. The zero-order chi connectivity index (χ0) is 15.8. The van der Waals surface area contributed by atoms with E-state index >= 15 is 0 Å². The molecular formula is C16H23ClN2O2. The minimum atomic E-state index is -0.176. The maximum Gasteiger partial charge on any atom is 0.251 e. The molecule has 1 N–H and O–H groups in total. The molecule has 5 heteroatoms. The number of nitrogens with one attached hydrogen (secondary N) is 1. The first-order valence-corrected chi connectivity index (χ1v) is 7.57. The van der Waals surface area contributed by atoms with Crippen LogP contribution in [0.25, 0.3) is 0 Å². The van der Waals surface area contributed by atoms with Gasteiger partial charge >= 0.3 is 0 Å². The van der Waals surface area contributed by atoms with Crippen molar-refractivity contribution in [3.63, 3.8) is 0 Å². The normalized spacial score (nSPS) is 10.5. The van der Waals surface area contributed by atoms with Crippen LogP contribution < -0.4 is 5.32 Å². The van der Waals surface area contributed by atoms with E-state index in [2.05, 4.69) is 19.2 Å².